The highest BCUT2D eigenvalue weighted by Gasteiger charge is 2.32. The number of rotatable bonds is 4. The van der Waals surface area contributed by atoms with Crippen LogP contribution in [0.3, 0.4) is 0 Å². The van der Waals surface area contributed by atoms with Crippen molar-refractivity contribution in [2.45, 2.75) is 43.5 Å². The SMILES string of the molecule is CCc1ccc(S(=O)(=O)N2CCCCC2CN)cc1. The van der Waals surface area contributed by atoms with E-state index in [4.69, 9.17) is 5.73 Å². The molecule has 4 nitrogen and oxygen atoms in total. The highest BCUT2D eigenvalue weighted by atomic mass is 32.2. The second-order valence-electron chi connectivity index (χ2n) is 5.00. The summed E-state index contributed by atoms with van der Waals surface area (Å²) in [5.74, 6) is 0. The molecule has 1 aliphatic heterocycles. The van der Waals surface area contributed by atoms with Crippen LogP contribution in [0.25, 0.3) is 0 Å². The molecule has 1 fully saturated rings. The van der Waals surface area contributed by atoms with Gasteiger partial charge in [0.2, 0.25) is 10.0 Å². The van der Waals surface area contributed by atoms with Gasteiger partial charge in [-0.15, -0.1) is 0 Å². The van der Waals surface area contributed by atoms with E-state index in [-0.39, 0.29) is 6.04 Å². The lowest BCUT2D eigenvalue weighted by molar-refractivity contribution is 0.257. The Morgan fingerprint density at radius 1 is 1.26 bits per heavy atom. The van der Waals surface area contributed by atoms with E-state index in [1.165, 1.54) is 0 Å². The van der Waals surface area contributed by atoms with Crippen molar-refractivity contribution in [3.8, 4) is 0 Å². The lowest BCUT2D eigenvalue weighted by atomic mass is 10.1. The van der Waals surface area contributed by atoms with Crippen LogP contribution < -0.4 is 5.73 Å². The Morgan fingerprint density at radius 2 is 1.95 bits per heavy atom. The minimum atomic E-state index is -3.39. The van der Waals surface area contributed by atoms with Gasteiger partial charge in [-0.2, -0.15) is 4.31 Å². The number of piperidine rings is 1. The third-order valence-corrected chi connectivity index (χ3v) is 5.75. The molecule has 0 amide bonds. The highest BCUT2D eigenvalue weighted by Crippen LogP contribution is 2.25. The monoisotopic (exact) mass is 282 g/mol. The van der Waals surface area contributed by atoms with E-state index in [0.29, 0.717) is 18.0 Å². The first-order valence-electron chi connectivity index (χ1n) is 6.90. The number of aryl methyl sites for hydroxylation is 1. The minimum absolute atomic E-state index is 0.0513. The zero-order valence-electron chi connectivity index (χ0n) is 11.4. The van der Waals surface area contributed by atoms with Crippen LogP contribution in [0.2, 0.25) is 0 Å². The Kier molecular flexibility index (Phi) is 4.60. The molecular formula is C14H22N2O2S. The first-order valence-corrected chi connectivity index (χ1v) is 8.34. The van der Waals surface area contributed by atoms with Crippen molar-refractivity contribution in [2.24, 2.45) is 5.73 Å². The summed E-state index contributed by atoms with van der Waals surface area (Å²) in [6.45, 7) is 3.03. The number of nitrogens with two attached hydrogens (primary N) is 1. The Morgan fingerprint density at radius 3 is 2.53 bits per heavy atom. The fourth-order valence-electron chi connectivity index (χ4n) is 2.56. The van der Waals surface area contributed by atoms with E-state index in [2.05, 4.69) is 6.92 Å². The molecule has 2 N–H and O–H groups in total. The maximum absolute atomic E-state index is 12.6. The molecule has 0 aromatic heterocycles. The van der Waals surface area contributed by atoms with Crippen LogP contribution in [-0.4, -0.2) is 31.9 Å². The predicted octanol–water partition coefficient (Wildman–Crippen LogP) is 1.75. The third kappa shape index (κ3) is 2.99. The fourth-order valence-corrected chi connectivity index (χ4v) is 4.26. The van der Waals surface area contributed by atoms with Gasteiger partial charge in [-0.25, -0.2) is 8.42 Å². The molecule has 1 heterocycles. The molecule has 1 aromatic carbocycles. The van der Waals surface area contributed by atoms with Crippen LogP contribution in [0.15, 0.2) is 29.2 Å². The van der Waals surface area contributed by atoms with Crippen molar-refractivity contribution < 1.29 is 8.42 Å². The number of hydrogen-bond acceptors (Lipinski definition) is 3. The maximum atomic E-state index is 12.6. The molecule has 0 bridgehead atoms. The largest absolute Gasteiger partial charge is 0.329 e. The van der Waals surface area contributed by atoms with Crippen molar-refractivity contribution >= 4 is 10.0 Å². The Balaban J connectivity index is 2.29. The first-order chi connectivity index (χ1) is 9.09. The van der Waals surface area contributed by atoms with Gasteiger partial charge >= 0.3 is 0 Å². The Labute approximate surface area is 115 Å². The van der Waals surface area contributed by atoms with Gasteiger partial charge in [0.1, 0.15) is 0 Å². The summed E-state index contributed by atoms with van der Waals surface area (Å²) in [5.41, 5.74) is 6.85. The smallest absolute Gasteiger partial charge is 0.243 e. The standard InChI is InChI=1S/C14H22N2O2S/c1-2-12-6-8-14(9-7-12)19(17,18)16-10-4-3-5-13(16)11-15/h6-9,13H,2-5,10-11,15H2,1H3. The maximum Gasteiger partial charge on any atom is 0.243 e. The molecule has 19 heavy (non-hydrogen) atoms. The molecule has 1 aliphatic rings. The van der Waals surface area contributed by atoms with E-state index >= 15 is 0 Å². The van der Waals surface area contributed by atoms with Crippen molar-refractivity contribution in [1.29, 1.82) is 0 Å². The number of hydrogen-bond donors (Lipinski definition) is 1. The van der Waals surface area contributed by atoms with Crippen molar-refractivity contribution in [1.82, 2.24) is 4.31 Å². The van der Waals surface area contributed by atoms with E-state index in [0.717, 1.165) is 31.2 Å². The fraction of sp³-hybridized carbons (Fsp3) is 0.571. The topological polar surface area (TPSA) is 63.4 Å². The normalized spacial score (nSPS) is 21.5. The van der Waals surface area contributed by atoms with Crippen LogP contribution in [0.5, 0.6) is 0 Å². The first kappa shape index (κ1) is 14.5. The summed E-state index contributed by atoms with van der Waals surface area (Å²) in [7, 11) is -3.39. The van der Waals surface area contributed by atoms with E-state index in [1.54, 1.807) is 16.4 Å². The quantitative estimate of drug-likeness (QED) is 0.915. The zero-order valence-corrected chi connectivity index (χ0v) is 12.2. The zero-order chi connectivity index (χ0) is 13.9. The summed E-state index contributed by atoms with van der Waals surface area (Å²) in [6.07, 6.45) is 3.75. The summed E-state index contributed by atoms with van der Waals surface area (Å²) >= 11 is 0. The molecule has 0 spiro atoms. The third-order valence-electron chi connectivity index (χ3n) is 3.78. The minimum Gasteiger partial charge on any atom is -0.329 e. The van der Waals surface area contributed by atoms with Crippen LogP contribution in [0, 0.1) is 0 Å². The molecule has 2 rings (SSSR count). The molecular weight excluding hydrogens is 260 g/mol. The van der Waals surface area contributed by atoms with Gasteiger partial charge < -0.3 is 5.73 Å². The van der Waals surface area contributed by atoms with Gasteiger partial charge in [-0.05, 0) is 37.0 Å². The van der Waals surface area contributed by atoms with Gasteiger partial charge in [0.05, 0.1) is 4.90 Å². The summed E-state index contributed by atoms with van der Waals surface area (Å²) < 4.78 is 26.8. The Bertz CT molecular complexity index is 511. The molecule has 0 saturated carbocycles. The van der Waals surface area contributed by atoms with E-state index < -0.39 is 10.0 Å². The molecule has 0 aliphatic carbocycles. The lowest BCUT2D eigenvalue weighted by Gasteiger charge is -2.33. The van der Waals surface area contributed by atoms with Crippen molar-refractivity contribution in [3.63, 3.8) is 0 Å². The molecule has 1 aromatic rings. The second kappa shape index (κ2) is 6.03. The molecule has 1 atom stereocenters. The highest BCUT2D eigenvalue weighted by molar-refractivity contribution is 7.89. The molecule has 1 saturated heterocycles. The summed E-state index contributed by atoms with van der Waals surface area (Å²) in [5, 5.41) is 0. The van der Waals surface area contributed by atoms with Crippen LogP contribution in [0.4, 0.5) is 0 Å². The molecule has 1 unspecified atom stereocenters. The van der Waals surface area contributed by atoms with Crippen LogP contribution in [-0.2, 0) is 16.4 Å². The van der Waals surface area contributed by atoms with E-state index in [1.807, 2.05) is 12.1 Å². The number of sulfonamides is 1. The average Bonchev–Trinajstić information content (AvgIpc) is 2.47. The van der Waals surface area contributed by atoms with Crippen molar-refractivity contribution in [2.75, 3.05) is 13.1 Å². The lowest BCUT2D eigenvalue weighted by Crippen LogP contribution is -2.47. The van der Waals surface area contributed by atoms with Gasteiger partial charge in [0, 0.05) is 19.1 Å². The second-order valence-corrected chi connectivity index (χ2v) is 6.89. The molecule has 5 heteroatoms. The van der Waals surface area contributed by atoms with Crippen LogP contribution in [0.1, 0.15) is 31.7 Å². The Hall–Kier alpha value is -0.910. The van der Waals surface area contributed by atoms with E-state index in [9.17, 15) is 8.42 Å². The number of nitrogens with zero attached hydrogens (tertiary/aromatic N) is 1. The van der Waals surface area contributed by atoms with Crippen LogP contribution >= 0.6 is 0 Å². The number of benzene rings is 1. The summed E-state index contributed by atoms with van der Waals surface area (Å²) in [4.78, 5) is 0.380. The average molecular weight is 282 g/mol. The summed E-state index contributed by atoms with van der Waals surface area (Å²) in [6, 6.07) is 7.12. The molecule has 0 radical (unpaired) electrons. The van der Waals surface area contributed by atoms with Gasteiger partial charge in [-0.3, -0.25) is 0 Å². The van der Waals surface area contributed by atoms with Crippen molar-refractivity contribution in [3.05, 3.63) is 29.8 Å². The molecule has 106 valence electrons. The van der Waals surface area contributed by atoms with Gasteiger partial charge in [0.25, 0.3) is 0 Å². The predicted molar refractivity (Wildman–Crippen MR) is 76.4 cm³/mol. The van der Waals surface area contributed by atoms with Gasteiger partial charge in [0.15, 0.2) is 0 Å². The van der Waals surface area contributed by atoms with Gasteiger partial charge in [-0.1, -0.05) is 25.5 Å².